The first-order valence-electron chi connectivity index (χ1n) is 2.04. The van der Waals surface area contributed by atoms with Gasteiger partial charge in [0, 0.05) is 10.0 Å². The van der Waals surface area contributed by atoms with Crippen LogP contribution in [0.2, 0.25) is 0 Å². The van der Waals surface area contributed by atoms with E-state index >= 15 is 0 Å². The fourth-order valence-electron chi connectivity index (χ4n) is 0.377. The average Bonchev–Trinajstić information content (AvgIpc) is 1.69. The third-order valence-electron chi connectivity index (χ3n) is 0.684. The minimum Gasteiger partial charge on any atom is -0.472 e. The van der Waals surface area contributed by atoms with Gasteiger partial charge in [-0.3, -0.25) is 0 Å². The van der Waals surface area contributed by atoms with Gasteiger partial charge >= 0.3 is 0 Å². The molecule has 0 fully saturated rings. The number of hydrogen-bond donors (Lipinski definition) is 0. The van der Waals surface area contributed by atoms with Crippen LogP contribution >= 0.6 is 22.6 Å². The lowest BCUT2D eigenvalue weighted by Crippen LogP contribution is -1.77. The van der Waals surface area contributed by atoms with Gasteiger partial charge in [-0.1, -0.05) is 0 Å². The van der Waals surface area contributed by atoms with Gasteiger partial charge in [-0.2, -0.15) is 0 Å². The molecule has 7 heavy (non-hydrogen) atoms. The molecular weight excluding hydrogens is 203 g/mol. The first-order valence-corrected chi connectivity index (χ1v) is 3.12. The van der Waals surface area contributed by atoms with E-state index in [9.17, 15) is 0 Å². The molecule has 0 radical (unpaired) electrons. The van der Waals surface area contributed by atoms with Gasteiger partial charge in [0.15, 0.2) is 0 Å². The molecule has 0 aliphatic carbocycles. The zero-order valence-corrected chi connectivity index (χ0v) is 5.88. The molecule has 0 aromatic carbocycles. The summed E-state index contributed by atoms with van der Waals surface area (Å²) in [5.74, 6) is 0. The first kappa shape index (κ1) is 5.15. The van der Waals surface area contributed by atoms with Gasteiger partial charge in [-0.15, -0.1) is 0 Å². The maximum absolute atomic E-state index is 4.83. The third-order valence-corrected chi connectivity index (χ3v) is 1.38. The maximum Gasteiger partial charge on any atom is 0.0997 e. The quantitative estimate of drug-likeness (QED) is 0.554. The molecule has 2 heteroatoms. The standard InChI is InChI=1S/C5H5IO/c6-5-2-1-3-7-4-5/h1,3-4H,2H2. The Hall–Kier alpha value is 0.01000. The van der Waals surface area contributed by atoms with E-state index in [1.807, 2.05) is 6.08 Å². The zero-order chi connectivity index (χ0) is 5.11. The molecule has 38 valence electrons. The maximum atomic E-state index is 4.83. The summed E-state index contributed by atoms with van der Waals surface area (Å²) in [5, 5.41) is 0. The minimum absolute atomic E-state index is 1.03. The van der Waals surface area contributed by atoms with E-state index in [0.29, 0.717) is 0 Å². The van der Waals surface area contributed by atoms with Crippen molar-refractivity contribution in [1.29, 1.82) is 0 Å². The highest BCUT2D eigenvalue weighted by molar-refractivity contribution is 14.1. The third kappa shape index (κ3) is 1.51. The monoisotopic (exact) mass is 208 g/mol. The summed E-state index contributed by atoms with van der Waals surface area (Å²) in [4.78, 5) is 0. The molecule has 1 heterocycles. The van der Waals surface area contributed by atoms with E-state index in [0.717, 1.165) is 6.42 Å². The Balaban J connectivity index is 2.50. The number of ether oxygens (including phenoxy) is 1. The van der Waals surface area contributed by atoms with Crippen molar-refractivity contribution in [3.05, 3.63) is 22.2 Å². The molecule has 0 spiro atoms. The van der Waals surface area contributed by atoms with Crippen LogP contribution in [0.25, 0.3) is 0 Å². The highest BCUT2D eigenvalue weighted by Gasteiger charge is 1.90. The Labute approximate surface area is 56.2 Å². The Morgan fingerprint density at radius 2 is 2.57 bits per heavy atom. The zero-order valence-electron chi connectivity index (χ0n) is 3.73. The second kappa shape index (κ2) is 2.35. The van der Waals surface area contributed by atoms with E-state index < -0.39 is 0 Å². The lowest BCUT2D eigenvalue weighted by Gasteiger charge is -1.98. The van der Waals surface area contributed by atoms with Crippen molar-refractivity contribution in [2.75, 3.05) is 0 Å². The van der Waals surface area contributed by atoms with Crippen molar-refractivity contribution in [1.82, 2.24) is 0 Å². The summed E-state index contributed by atoms with van der Waals surface area (Å²) in [6.45, 7) is 0. The van der Waals surface area contributed by atoms with Crippen LogP contribution in [-0.2, 0) is 4.74 Å². The largest absolute Gasteiger partial charge is 0.472 e. The summed E-state index contributed by atoms with van der Waals surface area (Å²) in [5.41, 5.74) is 0. The number of rotatable bonds is 0. The Kier molecular flexibility index (Phi) is 1.73. The summed E-state index contributed by atoms with van der Waals surface area (Å²) >= 11 is 2.24. The molecule has 1 nitrogen and oxygen atoms in total. The molecule has 0 N–H and O–H groups in total. The van der Waals surface area contributed by atoms with Crippen molar-refractivity contribution < 1.29 is 4.74 Å². The normalized spacial score (nSPS) is 18.1. The van der Waals surface area contributed by atoms with E-state index in [4.69, 9.17) is 4.74 Å². The highest BCUT2D eigenvalue weighted by atomic mass is 127. The van der Waals surface area contributed by atoms with Gasteiger partial charge < -0.3 is 4.74 Å². The summed E-state index contributed by atoms with van der Waals surface area (Å²) in [6, 6.07) is 0. The van der Waals surface area contributed by atoms with E-state index in [1.54, 1.807) is 12.5 Å². The first-order chi connectivity index (χ1) is 3.39. The fourth-order valence-corrected chi connectivity index (χ4v) is 0.779. The molecule has 0 saturated carbocycles. The van der Waals surface area contributed by atoms with Gasteiger partial charge in [0.25, 0.3) is 0 Å². The van der Waals surface area contributed by atoms with Gasteiger partial charge in [0.2, 0.25) is 0 Å². The molecule has 0 saturated heterocycles. The predicted molar refractivity (Wildman–Crippen MR) is 36.9 cm³/mol. The predicted octanol–water partition coefficient (Wildman–Crippen LogP) is 2.20. The van der Waals surface area contributed by atoms with Crippen LogP contribution in [0.4, 0.5) is 0 Å². The van der Waals surface area contributed by atoms with Gasteiger partial charge in [0.05, 0.1) is 12.5 Å². The van der Waals surface area contributed by atoms with Crippen molar-refractivity contribution in [2.45, 2.75) is 6.42 Å². The number of hydrogen-bond acceptors (Lipinski definition) is 1. The van der Waals surface area contributed by atoms with Crippen LogP contribution in [0.15, 0.2) is 22.2 Å². The Morgan fingerprint density at radius 1 is 1.71 bits per heavy atom. The van der Waals surface area contributed by atoms with Gasteiger partial charge in [-0.05, 0) is 28.7 Å². The summed E-state index contributed by atoms with van der Waals surface area (Å²) in [7, 11) is 0. The van der Waals surface area contributed by atoms with E-state index in [1.165, 1.54) is 3.58 Å². The smallest absolute Gasteiger partial charge is 0.0997 e. The Morgan fingerprint density at radius 3 is 2.86 bits per heavy atom. The second-order valence-electron chi connectivity index (χ2n) is 1.28. The van der Waals surface area contributed by atoms with Crippen LogP contribution in [-0.4, -0.2) is 0 Å². The Bertz CT molecular complexity index is 115. The summed E-state index contributed by atoms with van der Waals surface area (Å²) in [6.07, 6.45) is 6.46. The fraction of sp³-hybridized carbons (Fsp3) is 0.200. The second-order valence-corrected chi connectivity index (χ2v) is 2.66. The molecule has 0 aromatic rings. The number of halogens is 1. The molecule has 1 rings (SSSR count). The van der Waals surface area contributed by atoms with Crippen LogP contribution < -0.4 is 0 Å². The minimum atomic E-state index is 1.03. The highest BCUT2D eigenvalue weighted by Crippen LogP contribution is 2.14. The van der Waals surface area contributed by atoms with Crippen molar-refractivity contribution in [3.8, 4) is 0 Å². The van der Waals surface area contributed by atoms with Crippen LogP contribution in [0.3, 0.4) is 0 Å². The SMILES string of the molecule is IC1=COC=CC1. The van der Waals surface area contributed by atoms with Crippen molar-refractivity contribution in [3.63, 3.8) is 0 Å². The van der Waals surface area contributed by atoms with Gasteiger partial charge in [0.1, 0.15) is 0 Å². The van der Waals surface area contributed by atoms with Crippen LogP contribution in [0, 0.1) is 0 Å². The average molecular weight is 208 g/mol. The molecule has 0 amide bonds. The number of allylic oxidation sites excluding steroid dienone is 2. The molecule has 0 aromatic heterocycles. The molecule has 0 bridgehead atoms. The van der Waals surface area contributed by atoms with Crippen molar-refractivity contribution >= 4 is 22.6 Å². The van der Waals surface area contributed by atoms with Crippen LogP contribution in [0.5, 0.6) is 0 Å². The van der Waals surface area contributed by atoms with E-state index in [-0.39, 0.29) is 0 Å². The lowest BCUT2D eigenvalue weighted by molar-refractivity contribution is 0.393. The van der Waals surface area contributed by atoms with Gasteiger partial charge in [-0.25, -0.2) is 0 Å². The summed E-state index contributed by atoms with van der Waals surface area (Å²) < 4.78 is 6.08. The molecule has 1 aliphatic heterocycles. The molecular formula is C5H5IO. The molecule has 0 unspecified atom stereocenters. The lowest BCUT2D eigenvalue weighted by atomic mass is 10.4. The topological polar surface area (TPSA) is 9.23 Å². The molecule has 0 atom stereocenters. The molecule has 1 aliphatic rings. The van der Waals surface area contributed by atoms with Crippen LogP contribution in [0.1, 0.15) is 6.42 Å². The van der Waals surface area contributed by atoms with E-state index in [2.05, 4.69) is 22.6 Å². The van der Waals surface area contributed by atoms with Crippen molar-refractivity contribution in [2.24, 2.45) is 0 Å².